The molecule has 0 atom stereocenters. The van der Waals surface area contributed by atoms with Crippen LogP contribution in [0.15, 0.2) is 0 Å². The summed E-state index contributed by atoms with van der Waals surface area (Å²) in [6.45, 7) is 0.696. The number of nitrogens with two attached hydrogens (primary N) is 1. The summed E-state index contributed by atoms with van der Waals surface area (Å²) in [7, 11) is -3.48. The number of carboxylic acid groups (broad SMARTS) is 1. The van der Waals surface area contributed by atoms with Crippen molar-refractivity contribution in [2.24, 2.45) is 5.14 Å². The van der Waals surface area contributed by atoms with Gasteiger partial charge in [-0.1, -0.05) is 6.42 Å². The highest BCUT2D eigenvalue weighted by atomic mass is 32.2. The lowest BCUT2D eigenvalue weighted by Gasteiger charge is -2.06. The third-order valence-electron chi connectivity index (χ3n) is 2.24. The van der Waals surface area contributed by atoms with Crippen LogP contribution in [0.25, 0.3) is 0 Å². The number of primary sulfonamides is 1. The largest absolute Gasteiger partial charge is 0.481 e. The minimum absolute atomic E-state index is 0.139. The minimum Gasteiger partial charge on any atom is -0.481 e. The fourth-order valence-electron chi connectivity index (χ4n) is 1.32. The molecule has 0 aliphatic heterocycles. The summed E-state index contributed by atoms with van der Waals surface area (Å²) >= 11 is 0. The summed E-state index contributed by atoms with van der Waals surface area (Å²) in [5.74, 6) is -0.983. The molecule has 0 radical (unpaired) electrons. The maximum Gasteiger partial charge on any atom is 0.314 e. The van der Waals surface area contributed by atoms with E-state index in [4.69, 9.17) is 10.2 Å². The fraction of sp³-hybridized carbons (Fsp3) is 0.800. The Morgan fingerprint density at radius 1 is 1.00 bits per heavy atom. The van der Waals surface area contributed by atoms with Gasteiger partial charge in [0, 0.05) is 19.5 Å². The number of carbonyl (C=O) groups is 2. The number of nitrogens with one attached hydrogen (secondary N) is 2. The van der Waals surface area contributed by atoms with Crippen LogP contribution in [0, 0.1) is 0 Å². The zero-order valence-corrected chi connectivity index (χ0v) is 11.5. The normalized spacial score (nSPS) is 11.0. The summed E-state index contributed by atoms with van der Waals surface area (Å²) in [6, 6.07) is -0.368. The lowest BCUT2D eigenvalue weighted by atomic mass is 10.2. The van der Waals surface area contributed by atoms with E-state index in [0.29, 0.717) is 19.4 Å². The predicted octanol–water partition coefficient (Wildman–Crippen LogP) is -0.391. The van der Waals surface area contributed by atoms with Crippen molar-refractivity contribution in [3.05, 3.63) is 0 Å². The average molecular weight is 295 g/mol. The lowest BCUT2D eigenvalue weighted by molar-refractivity contribution is -0.137. The molecule has 19 heavy (non-hydrogen) atoms. The minimum atomic E-state index is -3.48. The van der Waals surface area contributed by atoms with Crippen molar-refractivity contribution in [2.75, 3.05) is 18.8 Å². The first-order valence-corrected chi connectivity index (χ1v) is 7.77. The van der Waals surface area contributed by atoms with Crippen molar-refractivity contribution >= 4 is 22.0 Å². The molecule has 0 aliphatic carbocycles. The average Bonchev–Trinajstić information content (AvgIpc) is 2.27. The molecule has 8 nitrogen and oxygen atoms in total. The van der Waals surface area contributed by atoms with Gasteiger partial charge in [0.25, 0.3) is 0 Å². The van der Waals surface area contributed by atoms with Crippen molar-refractivity contribution in [2.45, 2.75) is 32.1 Å². The van der Waals surface area contributed by atoms with Crippen molar-refractivity contribution in [3.8, 4) is 0 Å². The molecule has 0 aromatic heterocycles. The molecule has 0 bridgehead atoms. The third-order valence-corrected chi connectivity index (χ3v) is 3.10. The number of unbranched alkanes of at least 4 members (excludes halogenated alkanes) is 2. The topological polar surface area (TPSA) is 139 Å². The highest BCUT2D eigenvalue weighted by Crippen LogP contribution is 1.98. The molecule has 112 valence electrons. The Labute approximate surface area is 112 Å². The van der Waals surface area contributed by atoms with Gasteiger partial charge in [-0.3, -0.25) is 4.79 Å². The predicted molar refractivity (Wildman–Crippen MR) is 70.1 cm³/mol. The van der Waals surface area contributed by atoms with Gasteiger partial charge in [0.1, 0.15) is 0 Å². The molecule has 0 spiro atoms. The highest BCUT2D eigenvalue weighted by Gasteiger charge is 2.03. The summed E-state index contributed by atoms with van der Waals surface area (Å²) in [5.41, 5.74) is 0. The van der Waals surface area contributed by atoms with E-state index in [9.17, 15) is 18.0 Å². The summed E-state index contributed by atoms with van der Waals surface area (Å²) in [5, 5.41) is 18.3. The van der Waals surface area contributed by atoms with Crippen LogP contribution in [-0.4, -0.2) is 44.4 Å². The standard InChI is InChI=1S/C10H21N3O5S/c11-19(17,18)8-4-7-13-10(16)12-6-3-1-2-5-9(14)15/h1-8H2,(H,14,15)(H2,11,17,18)(H2,12,13,16). The third kappa shape index (κ3) is 14.6. The maximum absolute atomic E-state index is 11.2. The Kier molecular flexibility index (Phi) is 8.88. The van der Waals surface area contributed by atoms with Gasteiger partial charge >= 0.3 is 12.0 Å². The van der Waals surface area contributed by atoms with Crippen LogP contribution in [0.4, 0.5) is 4.79 Å². The number of aliphatic carboxylic acids is 1. The Hall–Kier alpha value is -1.35. The molecule has 0 aromatic carbocycles. The quantitative estimate of drug-likeness (QED) is 0.406. The van der Waals surface area contributed by atoms with E-state index in [2.05, 4.69) is 10.6 Å². The van der Waals surface area contributed by atoms with E-state index in [-0.39, 0.29) is 31.2 Å². The van der Waals surface area contributed by atoms with Gasteiger partial charge in [-0.25, -0.2) is 18.4 Å². The SMILES string of the molecule is NS(=O)(=O)CCCNC(=O)NCCCCCC(=O)O. The number of rotatable bonds is 10. The van der Waals surface area contributed by atoms with Crippen LogP contribution in [0.1, 0.15) is 32.1 Å². The van der Waals surface area contributed by atoms with Crippen molar-refractivity contribution < 1.29 is 23.1 Å². The second-order valence-electron chi connectivity index (χ2n) is 4.11. The molecule has 0 saturated heterocycles. The van der Waals surface area contributed by atoms with Crippen LogP contribution >= 0.6 is 0 Å². The molecule has 0 heterocycles. The molecular weight excluding hydrogens is 274 g/mol. The molecule has 0 aromatic rings. The Morgan fingerprint density at radius 3 is 2.11 bits per heavy atom. The first-order chi connectivity index (χ1) is 8.81. The van der Waals surface area contributed by atoms with Crippen LogP contribution in [0.3, 0.4) is 0 Å². The van der Waals surface area contributed by atoms with E-state index in [1.165, 1.54) is 0 Å². The number of carboxylic acids is 1. The number of carbonyl (C=O) groups excluding carboxylic acids is 1. The Bertz CT molecular complexity index is 383. The molecule has 0 rings (SSSR count). The van der Waals surface area contributed by atoms with Crippen molar-refractivity contribution in [1.29, 1.82) is 0 Å². The molecular formula is C10H21N3O5S. The molecule has 0 saturated carbocycles. The summed E-state index contributed by atoms with van der Waals surface area (Å²) < 4.78 is 21.2. The van der Waals surface area contributed by atoms with Gasteiger partial charge in [-0.05, 0) is 19.3 Å². The molecule has 0 aliphatic rings. The monoisotopic (exact) mass is 295 g/mol. The zero-order valence-electron chi connectivity index (χ0n) is 10.7. The van der Waals surface area contributed by atoms with Gasteiger partial charge in [0.2, 0.25) is 10.0 Å². The number of urea groups is 1. The Balaban J connectivity index is 3.38. The van der Waals surface area contributed by atoms with Gasteiger partial charge in [-0.2, -0.15) is 0 Å². The van der Waals surface area contributed by atoms with Crippen LogP contribution in [-0.2, 0) is 14.8 Å². The van der Waals surface area contributed by atoms with E-state index >= 15 is 0 Å². The van der Waals surface area contributed by atoms with E-state index in [1.807, 2.05) is 0 Å². The second-order valence-corrected chi connectivity index (χ2v) is 5.84. The Morgan fingerprint density at radius 2 is 1.58 bits per heavy atom. The van der Waals surface area contributed by atoms with E-state index < -0.39 is 16.0 Å². The first-order valence-electron chi connectivity index (χ1n) is 6.05. The molecule has 0 fully saturated rings. The zero-order chi connectivity index (χ0) is 14.7. The maximum atomic E-state index is 11.2. The summed E-state index contributed by atoms with van der Waals surface area (Å²) in [4.78, 5) is 21.4. The number of hydrogen-bond acceptors (Lipinski definition) is 4. The number of amides is 2. The van der Waals surface area contributed by atoms with E-state index in [1.54, 1.807) is 0 Å². The van der Waals surface area contributed by atoms with Crippen LogP contribution < -0.4 is 15.8 Å². The smallest absolute Gasteiger partial charge is 0.314 e. The lowest BCUT2D eigenvalue weighted by Crippen LogP contribution is -2.37. The molecule has 0 unspecified atom stereocenters. The second kappa shape index (κ2) is 9.56. The van der Waals surface area contributed by atoms with Crippen LogP contribution in [0.5, 0.6) is 0 Å². The molecule has 5 N–H and O–H groups in total. The van der Waals surface area contributed by atoms with Crippen LogP contribution in [0.2, 0.25) is 0 Å². The van der Waals surface area contributed by atoms with Gasteiger partial charge < -0.3 is 15.7 Å². The van der Waals surface area contributed by atoms with Gasteiger partial charge in [0.15, 0.2) is 0 Å². The highest BCUT2D eigenvalue weighted by molar-refractivity contribution is 7.89. The first kappa shape index (κ1) is 17.6. The van der Waals surface area contributed by atoms with E-state index in [0.717, 1.165) is 6.42 Å². The molecule has 9 heteroatoms. The summed E-state index contributed by atoms with van der Waals surface area (Å²) in [6.07, 6.45) is 2.44. The van der Waals surface area contributed by atoms with Crippen molar-refractivity contribution in [3.63, 3.8) is 0 Å². The molecule has 2 amide bonds. The fourth-order valence-corrected chi connectivity index (χ4v) is 1.86. The van der Waals surface area contributed by atoms with Gasteiger partial charge in [-0.15, -0.1) is 0 Å². The van der Waals surface area contributed by atoms with Crippen molar-refractivity contribution in [1.82, 2.24) is 10.6 Å². The number of sulfonamides is 1. The number of hydrogen-bond donors (Lipinski definition) is 4. The van der Waals surface area contributed by atoms with Gasteiger partial charge in [0.05, 0.1) is 5.75 Å².